The number of aromatic amines is 1. The van der Waals surface area contributed by atoms with E-state index in [1.807, 2.05) is 0 Å². The number of pyridine rings is 1. The van der Waals surface area contributed by atoms with Crippen LogP contribution in [0.1, 0.15) is 6.55 Å². The average molecular weight is 249 g/mol. The molecule has 0 fully saturated rings. The van der Waals surface area contributed by atoms with Gasteiger partial charge in [-0.2, -0.15) is 13.9 Å². The van der Waals surface area contributed by atoms with Crippen LogP contribution in [0, 0.1) is 0 Å². The highest BCUT2D eigenvalue weighted by Crippen LogP contribution is 2.29. The van der Waals surface area contributed by atoms with E-state index < -0.39 is 6.55 Å². The van der Waals surface area contributed by atoms with E-state index in [0.29, 0.717) is 27.3 Å². The zero-order valence-electron chi connectivity index (χ0n) is 9.14. The molecule has 0 aliphatic rings. The van der Waals surface area contributed by atoms with Crippen LogP contribution in [0.25, 0.3) is 22.3 Å². The molecule has 3 rings (SSSR count). The lowest BCUT2D eigenvalue weighted by Crippen LogP contribution is -1.99. The van der Waals surface area contributed by atoms with Crippen molar-refractivity contribution in [2.75, 3.05) is 5.73 Å². The Morgan fingerprint density at radius 3 is 2.89 bits per heavy atom. The highest BCUT2D eigenvalue weighted by Gasteiger charge is 2.13. The number of hydrogen-bond donors (Lipinski definition) is 2. The minimum Gasteiger partial charge on any atom is -0.398 e. The number of rotatable bonds is 2. The monoisotopic (exact) mass is 249 g/mol. The predicted molar refractivity (Wildman–Crippen MR) is 63.0 cm³/mol. The third-order valence-electron chi connectivity index (χ3n) is 2.71. The summed E-state index contributed by atoms with van der Waals surface area (Å²) in [7, 11) is 0. The topological polar surface area (TPSA) is 72.5 Å². The summed E-state index contributed by atoms with van der Waals surface area (Å²) in [5.74, 6) is 0. The Labute approximate surface area is 100 Å². The van der Waals surface area contributed by atoms with Gasteiger partial charge in [0, 0.05) is 29.5 Å². The number of nitrogen functional groups attached to an aromatic ring is 1. The van der Waals surface area contributed by atoms with E-state index >= 15 is 0 Å². The number of nitrogens with two attached hydrogens (primary N) is 1. The minimum absolute atomic E-state index is 0.378. The van der Waals surface area contributed by atoms with Crippen LogP contribution in [0.5, 0.6) is 0 Å². The standard InChI is InChI=1S/C11H9F2N5/c12-11(13)18-4-2-8(17-18)7-5-16-10-6(9(7)14)1-3-15-10/h1-5,11H,(H3,14,15,16). The van der Waals surface area contributed by atoms with Crippen molar-refractivity contribution in [1.82, 2.24) is 19.7 Å². The van der Waals surface area contributed by atoms with Gasteiger partial charge in [0.05, 0.1) is 11.4 Å². The predicted octanol–water partition coefficient (Wildman–Crippen LogP) is 2.40. The average Bonchev–Trinajstić information content (AvgIpc) is 2.97. The Morgan fingerprint density at radius 2 is 2.17 bits per heavy atom. The van der Waals surface area contributed by atoms with Gasteiger partial charge in [-0.15, -0.1) is 0 Å². The highest BCUT2D eigenvalue weighted by atomic mass is 19.3. The molecule has 0 aliphatic heterocycles. The third kappa shape index (κ3) is 1.52. The first kappa shape index (κ1) is 10.7. The summed E-state index contributed by atoms with van der Waals surface area (Å²) in [5, 5.41) is 4.52. The third-order valence-corrected chi connectivity index (χ3v) is 2.71. The van der Waals surface area contributed by atoms with E-state index in [4.69, 9.17) is 5.73 Å². The lowest BCUT2D eigenvalue weighted by atomic mass is 10.1. The maximum Gasteiger partial charge on any atom is 0.333 e. The van der Waals surface area contributed by atoms with Gasteiger partial charge in [-0.3, -0.25) is 0 Å². The molecule has 5 nitrogen and oxygen atoms in total. The van der Waals surface area contributed by atoms with Crippen LogP contribution in [0.15, 0.2) is 30.7 Å². The maximum atomic E-state index is 12.4. The number of nitrogens with zero attached hydrogens (tertiary/aromatic N) is 3. The highest BCUT2D eigenvalue weighted by molar-refractivity contribution is 5.96. The smallest absolute Gasteiger partial charge is 0.333 e. The zero-order valence-corrected chi connectivity index (χ0v) is 9.14. The summed E-state index contributed by atoms with van der Waals surface area (Å²) in [6.45, 7) is -2.66. The zero-order chi connectivity index (χ0) is 12.7. The second-order valence-electron chi connectivity index (χ2n) is 3.78. The number of nitrogens with one attached hydrogen (secondary N) is 1. The SMILES string of the molecule is Nc1c(-c2ccn(C(F)F)n2)cnc2[nH]ccc12. The number of halogens is 2. The molecule has 3 aromatic heterocycles. The molecule has 0 aromatic carbocycles. The fourth-order valence-electron chi connectivity index (χ4n) is 1.82. The molecule has 0 aliphatic carbocycles. The number of H-pyrrole nitrogens is 1. The maximum absolute atomic E-state index is 12.4. The molecule has 3 N–H and O–H groups in total. The number of fused-ring (bicyclic) bond motifs is 1. The van der Waals surface area contributed by atoms with Gasteiger partial charge in [0.1, 0.15) is 5.65 Å². The van der Waals surface area contributed by atoms with Crippen LogP contribution < -0.4 is 5.73 Å². The molecule has 7 heteroatoms. The summed E-state index contributed by atoms with van der Waals surface area (Å²) >= 11 is 0. The van der Waals surface area contributed by atoms with Gasteiger partial charge in [-0.1, -0.05) is 0 Å². The van der Waals surface area contributed by atoms with Gasteiger partial charge in [0.2, 0.25) is 0 Å². The molecule has 0 atom stereocenters. The Hall–Kier alpha value is -2.44. The van der Waals surface area contributed by atoms with Crippen LogP contribution in [0.4, 0.5) is 14.5 Å². The van der Waals surface area contributed by atoms with Gasteiger partial charge in [0.25, 0.3) is 0 Å². The van der Waals surface area contributed by atoms with E-state index in [9.17, 15) is 8.78 Å². The van der Waals surface area contributed by atoms with Crippen LogP contribution in [-0.2, 0) is 0 Å². The molecule has 0 unspecified atom stereocenters. The molecule has 92 valence electrons. The summed E-state index contributed by atoms with van der Waals surface area (Å²) < 4.78 is 25.5. The van der Waals surface area contributed by atoms with Crippen molar-refractivity contribution in [1.29, 1.82) is 0 Å². The van der Waals surface area contributed by atoms with Crippen LogP contribution >= 0.6 is 0 Å². The normalized spacial score (nSPS) is 11.5. The van der Waals surface area contributed by atoms with E-state index in [0.717, 1.165) is 5.39 Å². The largest absolute Gasteiger partial charge is 0.398 e. The van der Waals surface area contributed by atoms with Crippen LogP contribution in [0.2, 0.25) is 0 Å². The van der Waals surface area contributed by atoms with Crippen molar-refractivity contribution in [2.24, 2.45) is 0 Å². The molecular weight excluding hydrogens is 240 g/mol. The summed E-state index contributed by atoms with van der Waals surface area (Å²) in [5.41, 5.74) is 8.04. The Kier molecular flexibility index (Phi) is 2.26. The molecule has 0 saturated carbocycles. The first-order valence-corrected chi connectivity index (χ1v) is 5.22. The van der Waals surface area contributed by atoms with Crippen LogP contribution in [0.3, 0.4) is 0 Å². The van der Waals surface area contributed by atoms with E-state index in [2.05, 4.69) is 15.1 Å². The minimum atomic E-state index is -2.66. The Bertz CT molecular complexity index is 700. The van der Waals surface area contributed by atoms with E-state index in [1.165, 1.54) is 18.5 Å². The second-order valence-corrected chi connectivity index (χ2v) is 3.78. The molecule has 0 spiro atoms. The molecule has 0 saturated heterocycles. The van der Waals surface area contributed by atoms with Gasteiger partial charge >= 0.3 is 6.55 Å². The molecule has 18 heavy (non-hydrogen) atoms. The molecule has 3 aromatic rings. The number of hydrogen-bond acceptors (Lipinski definition) is 3. The van der Waals surface area contributed by atoms with Crippen molar-refractivity contribution >= 4 is 16.7 Å². The van der Waals surface area contributed by atoms with Crippen LogP contribution in [-0.4, -0.2) is 19.7 Å². The first-order valence-electron chi connectivity index (χ1n) is 5.22. The summed E-state index contributed by atoms with van der Waals surface area (Å²) in [6, 6.07) is 3.27. The number of anilines is 1. The number of alkyl halides is 2. The summed E-state index contributed by atoms with van der Waals surface area (Å²) in [6.07, 6.45) is 4.45. The van der Waals surface area contributed by atoms with Crippen molar-refractivity contribution in [3.63, 3.8) is 0 Å². The molecule has 0 radical (unpaired) electrons. The fourth-order valence-corrected chi connectivity index (χ4v) is 1.82. The number of aromatic nitrogens is 4. The lowest BCUT2D eigenvalue weighted by Gasteiger charge is -2.03. The summed E-state index contributed by atoms with van der Waals surface area (Å²) in [4.78, 5) is 7.09. The van der Waals surface area contributed by atoms with Gasteiger partial charge < -0.3 is 10.7 Å². The molecule has 3 heterocycles. The van der Waals surface area contributed by atoms with Crippen molar-refractivity contribution in [2.45, 2.75) is 6.55 Å². The second kappa shape index (κ2) is 3.80. The first-order chi connectivity index (χ1) is 8.66. The van der Waals surface area contributed by atoms with Gasteiger partial charge in [0.15, 0.2) is 0 Å². The van der Waals surface area contributed by atoms with Crippen molar-refractivity contribution in [3.05, 3.63) is 30.7 Å². The van der Waals surface area contributed by atoms with Crippen molar-refractivity contribution in [3.8, 4) is 11.3 Å². The molecule has 0 bridgehead atoms. The fraction of sp³-hybridized carbons (Fsp3) is 0.0909. The lowest BCUT2D eigenvalue weighted by molar-refractivity contribution is 0.0568. The molecule has 0 amide bonds. The van der Waals surface area contributed by atoms with Gasteiger partial charge in [-0.25, -0.2) is 9.67 Å². The van der Waals surface area contributed by atoms with Crippen molar-refractivity contribution < 1.29 is 8.78 Å². The quantitative estimate of drug-likeness (QED) is 0.732. The van der Waals surface area contributed by atoms with E-state index in [1.54, 1.807) is 12.3 Å². The Balaban J connectivity index is 2.15. The van der Waals surface area contributed by atoms with E-state index in [-0.39, 0.29) is 0 Å². The molecular formula is C11H9F2N5. The van der Waals surface area contributed by atoms with Gasteiger partial charge in [-0.05, 0) is 12.1 Å². The Morgan fingerprint density at radius 1 is 1.33 bits per heavy atom.